The maximum Gasteiger partial charge on any atom is 0.321 e. The van der Waals surface area contributed by atoms with Gasteiger partial charge in [0, 0.05) is 18.9 Å². The number of ketones is 1. The van der Waals surface area contributed by atoms with Gasteiger partial charge in [-0.1, -0.05) is 24.3 Å². The molecule has 0 N–H and O–H groups in total. The number of hydrogen-bond acceptors (Lipinski definition) is 4. The summed E-state index contributed by atoms with van der Waals surface area (Å²) in [4.78, 5) is 23.9. The van der Waals surface area contributed by atoms with Crippen molar-refractivity contribution in [1.82, 2.24) is 0 Å². The summed E-state index contributed by atoms with van der Waals surface area (Å²) in [5, 5.41) is 0. The molecule has 0 radical (unpaired) electrons. The van der Waals surface area contributed by atoms with E-state index < -0.39 is 11.9 Å². The number of furan rings is 1. The summed E-state index contributed by atoms with van der Waals surface area (Å²) in [7, 11) is 0. The van der Waals surface area contributed by atoms with Crippen LogP contribution in [0.2, 0.25) is 0 Å². The molecule has 19 heavy (non-hydrogen) atoms. The van der Waals surface area contributed by atoms with Crippen LogP contribution < -0.4 is 4.74 Å². The van der Waals surface area contributed by atoms with Crippen molar-refractivity contribution in [3.63, 3.8) is 0 Å². The van der Waals surface area contributed by atoms with E-state index in [1.807, 2.05) is 24.3 Å². The Morgan fingerprint density at radius 1 is 1.21 bits per heavy atom. The average molecular weight is 256 g/mol. The second-order valence-corrected chi connectivity index (χ2v) is 4.52. The molecule has 0 fully saturated rings. The molecule has 0 saturated carbocycles. The molecule has 1 aromatic heterocycles. The number of ether oxygens (including phenoxy) is 1. The van der Waals surface area contributed by atoms with Gasteiger partial charge in [0.1, 0.15) is 5.78 Å². The number of hydrogen-bond donors (Lipinski definition) is 0. The van der Waals surface area contributed by atoms with E-state index in [-0.39, 0.29) is 18.2 Å². The van der Waals surface area contributed by atoms with Gasteiger partial charge in [0.2, 0.25) is 0 Å². The standard InChI is InChI=1S/C15H12O4/c16-11-8-10-4-1-2-5-12(10)13(9-11)15(17)19-14-6-3-7-18-14/h1-7,13H,8-9H2. The lowest BCUT2D eigenvalue weighted by Crippen LogP contribution is -2.27. The molecule has 2 aromatic rings. The third-order valence-electron chi connectivity index (χ3n) is 3.23. The fourth-order valence-corrected chi connectivity index (χ4v) is 2.36. The average Bonchev–Trinajstić information content (AvgIpc) is 2.90. The maximum absolute atomic E-state index is 12.1. The van der Waals surface area contributed by atoms with E-state index in [4.69, 9.17) is 9.15 Å². The minimum absolute atomic E-state index is 0.0556. The van der Waals surface area contributed by atoms with Crippen LogP contribution in [0.1, 0.15) is 23.5 Å². The fraction of sp³-hybridized carbons (Fsp3) is 0.200. The maximum atomic E-state index is 12.1. The zero-order chi connectivity index (χ0) is 13.2. The van der Waals surface area contributed by atoms with E-state index in [1.54, 1.807) is 12.1 Å². The van der Waals surface area contributed by atoms with E-state index in [9.17, 15) is 9.59 Å². The van der Waals surface area contributed by atoms with Gasteiger partial charge in [-0.2, -0.15) is 0 Å². The Labute approximate surface area is 110 Å². The molecule has 0 aliphatic heterocycles. The molecule has 96 valence electrons. The normalized spacial score (nSPS) is 17.9. The van der Waals surface area contributed by atoms with Gasteiger partial charge in [-0.25, -0.2) is 0 Å². The van der Waals surface area contributed by atoms with Crippen molar-refractivity contribution in [2.75, 3.05) is 0 Å². The SMILES string of the molecule is O=C1Cc2ccccc2C(C(=O)Oc2ccco2)C1. The minimum Gasteiger partial charge on any atom is -0.434 e. The Kier molecular flexibility index (Phi) is 2.91. The summed E-state index contributed by atoms with van der Waals surface area (Å²) in [6.45, 7) is 0. The number of fused-ring (bicyclic) bond motifs is 1. The predicted octanol–water partition coefficient (Wildman–Crippen LogP) is 2.48. The van der Waals surface area contributed by atoms with Crippen LogP contribution >= 0.6 is 0 Å². The van der Waals surface area contributed by atoms with Gasteiger partial charge in [0.15, 0.2) is 0 Å². The Morgan fingerprint density at radius 3 is 2.84 bits per heavy atom. The van der Waals surface area contributed by atoms with Crippen molar-refractivity contribution in [3.8, 4) is 5.95 Å². The summed E-state index contributed by atoms with van der Waals surface area (Å²) in [5.74, 6) is -0.779. The first kappa shape index (κ1) is 11.7. The Hall–Kier alpha value is -2.36. The van der Waals surface area contributed by atoms with Crippen molar-refractivity contribution < 1.29 is 18.7 Å². The predicted molar refractivity (Wildman–Crippen MR) is 66.9 cm³/mol. The summed E-state index contributed by atoms with van der Waals surface area (Å²) in [6.07, 6.45) is 2.01. The molecular formula is C15H12O4. The van der Waals surface area contributed by atoms with Gasteiger partial charge in [-0.05, 0) is 17.2 Å². The highest BCUT2D eigenvalue weighted by Gasteiger charge is 2.32. The van der Waals surface area contributed by atoms with Gasteiger partial charge < -0.3 is 9.15 Å². The van der Waals surface area contributed by atoms with Crippen LogP contribution in [-0.2, 0) is 16.0 Å². The molecule has 0 saturated heterocycles. The summed E-state index contributed by atoms with van der Waals surface area (Å²) in [5.41, 5.74) is 1.78. The van der Waals surface area contributed by atoms with Crippen molar-refractivity contribution in [1.29, 1.82) is 0 Å². The largest absolute Gasteiger partial charge is 0.434 e. The highest BCUT2D eigenvalue weighted by Crippen LogP contribution is 2.31. The van der Waals surface area contributed by atoms with Crippen molar-refractivity contribution >= 4 is 11.8 Å². The van der Waals surface area contributed by atoms with Crippen LogP contribution in [0.3, 0.4) is 0 Å². The third-order valence-corrected chi connectivity index (χ3v) is 3.23. The lowest BCUT2D eigenvalue weighted by molar-refractivity contribution is -0.139. The number of carbonyl (C=O) groups is 2. The first-order chi connectivity index (χ1) is 9.24. The lowest BCUT2D eigenvalue weighted by Gasteiger charge is -2.22. The van der Waals surface area contributed by atoms with Crippen LogP contribution in [0.15, 0.2) is 47.1 Å². The Morgan fingerprint density at radius 2 is 2.05 bits per heavy atom. The molecular weight excluding hydrogens is 244 g/mol. The smallest absolute Gasteiger partial charge is 0.321 e. The van der Waals surface area contributed by atoms with Gasteiger partial charge >= 0.3 is 5.97 Å². The number of benzene rings is 1. The molecule has 4 nitrogen and oxygen atoms in total. The molecule has 0 bridgehead atoms. The van der Waals surface area contributed by atoms with Crippen LogP contribution in [0, 0.1) is 0 Å². The third kappa shape index (κ3) is 2.29. The van der Waals surface area contributed by atoms with E-state index in [0.717, 1.165) is 11.1 Å². The Balaban J connectivity index is 1.88. The minimum atomic E-state index is -0.539. The summed E-state index contributed by atoms with van der Waals surface area (Å²) >= 11 is 0. The zero-order valence-corrected chi connectivity index (χ0v) is 10.2. The quantitative estimate of drug-likeness (QED) is 0.774. The Bertz CT molecular complexity index is 613. The second kappa shape index (κ2) is 4.72. The van der Waals surface area contributed by atoms with Crippen molar-refractivity contribution in [3.05, 3.63) is 53.8 Å². The molecule has 1 aromatic carbocycles. The second-order valence-electron chi connectivity index (χ2n) is 4.52. The van der Waals surface area contributed by atoms with Gasteiger partial charge in [0.25, 0.3) is 5.95 Å². The first-order valence-corrected chi connectivity index (χ1v) is 6.09. The molecule has 0 amide bonds. The van der Waals surface area contributed by atoms with Crippen molar-refractivity contribution in [2.45, 2.75) is 18.8 Å². The monoisotopic (exact) mass is 256 g/mol. The van der Waals surface area contributed by atoms with Crippen LogP contribution in [0.25, 0.3) is 0 Å². The van der Waals surface area contributed by atoms with E-state index in [2.05, 4.69) is 0 Å². The summed E-state index contributed by atoms with van der Waals surface area (Å²) in [6, 6.07) is 10.7. The molecule has 1 aliphatic rings. The topological polar surface area (TPSA) is 56.5 Å². The first-order valence-electron chi connectivity index (χ1n) is 6.09. The van der Waals surface area contributed by atoms with Gasteiger partial charge in [-0.3, -0.25) is 9.59 Å². The molecule has 3 rings (SSSR count). The molecule has 1 heterocycles. The number of rotatable bonds is 2. The molecule has 1 unspecified atom stereocenters. The zero-order valence-electron chi connectivity index (χ0n) is 10.2. The number of esters is 1. The van der Waals surface area contributed by atoms with Gasteiger partial charge in [0.05, 0.1) is 12.2 Å². The van der Waals surface area contributed by atoms with Gasteiger partial charge in [-0.15, -0.1) is 0 Å². The van der Waals surface area contributed by atoms with Crippen LogP contribution in [-0.4, -0.2) is 11.8 Å². The lowest BCUT2D eigenvalue weighted by atomic mass is 9.82. The van der Waals surface area contributed by atoms with Crippen LogP contribution in [0.4, 0.5) is 0 Å². The highest BCUT2D eigenvalue weighted by molar-refractivity contribution is 5.92. The molecule has 1 atom stereocenters. The van der Waals surface area contributed by atoms with E-state index in [1.165, 1.54) is 6.26 Å². The molecule has 0 spiro atoms. The fourth-order valence-electron chi connectivity index (χ4n) is 2.36. The number of carbonyl (C=O) groups excluding carboxylic acids is 2. The van der Waals surface area contributed by atoms with Crippen molar-refractivity contribution in [2.24, 2.45) is 0 Å². The number of Topliss-reactive ketones (excluding diaryl/α,β-unsaturated/α-hetero) is 1. The van der Waals surface area contributed by atoms with Crippen LogP contribution in [0.5, 0.6) is 5.95 Å². The molecule has 1 aliphatic carbocycles. The molecule has 4 heteroatoms. The summed E-state index contributed by atoms with van der Waals surface area (Å²) < 4.78 is 10.1. The highest BCUT2D eigenvalue weighted by atomic mass is 16.6. The van der Waals surface area contributed by atoms with E-state index >= 15 is 0 Å². The van der Waals surface area contributed by atoms with E-state index in [0.29, 0.717) is 6.42 Å².